The van der Waals surface area contributed by atoms with Gasteiger partial charge in [0.15, 0.2) is 11.5 Å². The zero-order valence-corrected chi connectivity index (χ0v) is 13.5. The number of phenolic OH excluding ortho intramolecular Hbond substituents is 1. The van der Waals surface area contributed by atoms with Crippen LogP contribution in [0, 0.1) is 0 Å². The van der Waals surface area contributed by atoms with E-state index in [0.717, 1.165) is 24.0 Å². The molecule has 1 atom stereocenters. The third-order valence-corrected chi connectivity index (χ3v) is 3.59. The molecule has 0 saturated carbocycles. The summed E-state index contributed by atoms with van der Waals surface area (Å²) in [7, 11) is 1.48. The average Bonchev–Trinajstić information content (AvgIpc) is 2.57. The van der Waals surface area contributed by atoms with Crippen LogP contribution >= 0.6 is 0 Å². The summed E-state index contributed by atoms with van der Waals surface area (Å²) < 4.78 is 10.7. The molecule has 2 rings (SSSR count). The number of phenols is 1. The number of methoxy groups -OCH3 is 1. The Labute approximate surface area is 136 Å². The van der Waals surface area contributed by atoms with Gasteiger partial charge in [-0.25, -0.2) is 0 Å². The minimum absolute atomic E-state index is 0.0535. The van der Waals surface area contributed by atoms with Crippen molar-refractivity contribution in [2.45, 2.75) is 32.3 Å². The van der Waals surface area contributed by atoms with Crippen LogP contribution in [0.5, 0.6) is 11.5 Å². The van der Waals surface area contributed by atoms with Crippen LogP contribution in [-0.2, 0) is 16.0 Å². The summed E-state index contributed by atoms with van der Waals surface area (Å²) in [4.78, 5) is 12.2. The molecule has 2 aromatic rings. The second-order valence-corrected chi connectivity index (χ2v) is 5.36. The molecule has 0 bridgehead atoms. The molecule has 0 aromatic heterocycles. The van der Waals surface area contributed by atoms with E-state index in [1.807, 2.05) is 30.3 Å². The lowest BCUT2D eigenvalue weighted by Gasteiger charge is -2.18. The average molecular weight is 314 g/mol. The molecule has 0 fully saturated rings. The van der Waals surface area contributed by atoms with Crippen molar-refractivity contribution >= 4 is 5.97 Å². The Balaban J connectivity index is 2.05. The first-order chi connectivity index (χ1) is 11.1. The molecule has 0 amide bonds. The minimum Gasteiger partial charge on any atom is -0.504 e. The van der Waals surface area contributed by atoms with Gasteiger partial charge in [-0.2, -0.15) is 0 Å². The van der Waals surface area contributed by atoms with Crippen LogP contribution in [-0.4, -0.2) is 18.2 Å². The standard InChI is InChI=1S/C19H22O4/c1-3-7-17(15-8-5-4-6-9-15)23-19(21)13-14-10-11-16(20)18(12-14)22-2/h4-6,8-12,17,20H,3,7,13H2,1-2H3. The van der Waals surface area contributed by atoms with E-state index in [-0.39, 0.29) is 24.2 Å². The highest BCUT2D eigenvalue weighted by Gasteiger charge is 2.16. The molecule has 0 aliphatic heterocycles. The Hall–Kier alpha value is -2.49. The van der Waals surface area contributed by atoms with E-state index in [2.05, 4.69) is 6.92 Å². The maximum atomic E-state index is 12.2. The van der Waals surface area contributed by atoms with Crippen LogP contribution in [0.2, 0.25) is 0 Å². The number of carbonyl (C=O) groups is 1. The highest BCUT2D eigenvalue weighted by atomic mass is 16.5. The summed E-state index contributed by atoms with van der Waals surface area (Å²) in [6.45, 7) is 2.06. The molecule has 0 aliphatic rings. The van der Waals surface area contributed by atoms with E-state index < -0.39 is 0 Å². The smallest absolute Gasteiger partial charge is 0.310 e. The molecule has 1 unspecified atom stereocenters. The van der Waals surface area contributed by atoms with Crippen molar-refractivity contribution in [1.82, 2.24) is 0 Å². The number of rotatable bonds is 7. The van der Waals surface area contributed by atoms with Gasteiger partial charge in [-0.05, 0) is 29.7 Å². The largest absolute Gasteiger partial charge is 0.504 e. The van der Waals surface area contributed by atoms with Gasteiger partial charge in [-0.3, -0.25) is 4.79 Å². The molecule has 122 valence electrons. The van der Waals surface area contributed by atoms with Gasteiger partial charge in [0.2, 0.25) is 0 Å². The van der Waals surface area contributed by atoms with Gasteiger partial charge in [0.05, 0.1) is 13.5 Å². The monoisotopic (exact) mass is 314 g/mol. The first-order valence-corrected chi connectivity index (χ1v) is 7.74. The minimum atomic E-state index is -0.292. The molecular formula is C19H22O4. The highest BCUT2D eigenvalue weighted by molar-refractivity contribution is 5.73. The van der Waals surface area contributed by atoms with Crippen LogP contribution in [0.25, 0.3) is 0 Å². The Morgan fingerprint density at radius 2 is 1.91 bits per heavy atom. The summed E-state index contributed by atoms with van der Waals surface area (Å²) in [6.07, 6.45) is 1.63. The Bertz CT molecular complexity index is 637. The fourth-order valence-corrected chi connectivity index (χ4v) is 2.42. The molecule has 0 aliphatic carbocycles. The van der Waals surface area contributed by atoms with Crippen molar-refractivity contribution in [3.63, 3.8) is 0 Å². The fraction of sp³-hybridized carbons (Fsp3) is 0.316. The third-order valence-electron chi connectivity index (χ3n) is 3.59. The van der Waals surface area contributed by atoms with Crippen LogP contribution in [0.15, 0.2) is 48.5 Å². The zero-order chi connectivity index (χ0) is 16.7. The molecular weight excluding hydrogens is 292 g/mol. The van der Waals surface area contributed by atoms with E-state index in [1.54, 1.807) is 12.1 Å². The summed E-state index contributed by atoms with van der Waals surface area (Å²) in [5.41, 5.74) is 1.75. The van der Waals surface area contributed by atoms with E-state index >= 15 is 0 Å². The van der Waals surface area contributed by atoms with Gasteiger partial charge >= 0.3 is 5.97 Å². The topological polar surface area (TPSA) is 55.8 Å². The molecule has 2 aromatic carbocycles. The number of esters is 1. The number of benzene rings is 2. The first kappa shape index (κ1) is 16.9. The molecule has 0 saturated heterocycles. The van der Waals surface area contributed by atoms with E-state index in [4.69, 9.17) is 9.47 Å². The van der Waals surface area contributed by atoms with Crippen LogP contribution in [0.1, 0.15) is 37.0 Å². The van der Waals surface area contributed by atoms with Gasteiger partial charge in [0, 0.05) is 0 Å². The lowest BCUT2D eigenvalue weighted by Crippen LogP contribution is -2.13. The number of hydrogen-bond donors (Lipinski definition) is 1. The summed E-state index contributed by atoms with van der Waals surface area (Å²) in [5.74, 6) is 0.112. The van der Waals surface area contributed by atoms with Crippen molar-refractivity contribution in [2.75, 3.05) is 7.11 Å². The lowest BCUT2D eigenvalue weighted by molar-refractivity contribution is -0.149. The van der Waals surface area contributed by atoms with E-state index in [9.17, 15) is 9.90 Å². The number of hydrogen-bond acceptors (Lipinski definition) is 4. The van der Waals surface area contributed by atoms with Gasteiger partial charge in [-0.15, -0.1) is 0 Å². The zero-order valence-electron chi connectivity index (χ0n) is 13.5. The first-order valence-electron chi connectivity index (χ1n) is 7.74. The molecule has 0 radical (unpaired) electrons. The van der Waals surface area contributed by atoms with Crippen molar-refractivity contribution < 1.29 is 19.4 Å². The predicted molar refractivity (Wildman–Crippen MR) is 88.5 cm³/mol. The van der Waals surface area contributed by atoms with Gasteiger partial charge in [0.1, 0.15) is 6.10 Å². The molecule has 1 N–H and O–H groups in total. The maximum Gasteiger partial charge on any atom is 0.310 e. The number of carbonyl (C=O) groups excluding carboxylic acids is 1. The summed E-state index contributed by atoms with van der Waals surface area (Å²) in [6, 6.07) is 14.6. The maximum absolute atomic E-state index is 12.2. The Kier molecular flexibility index (Phi) is 6.03. The number of aromatic hydroxyl groups is 1. The Morgan fingerprint density at radius 3 is 2.57 bits per heavy atom. The molecule has 4 heteroatoms. The second-order valence-electron chi connectivity index (χ2n) is 5.36. The number of ether oxygens (including phenoxy) is 2. The molecule has 0 spiro atoms. The van der Waals surface area contributed by atoms with Gasteiger partial charge < -0.3 is 14.6 Å². The third kappa shape index (κ3) is 4.74. The normalized spacial score (nSPS) is 11.7. The van der Waals surface area contributed by atoms with Crippen LogP contribution in [0.4, 0.5) is 0 Å². The SMILES string of the molecule is CCCC(OC(=O)Cc1ccc(O)c(OC)c1)c1ccccc1. The van der Waals surface area contributed by atoms with E-state index in [1.165, 1.54) is 13.2 Å². The van der Waals surface area contributed by atoms with Crippen LogP contribution in [0.3, 0.4) is 0 Å². The van der Waals surface area contributed by atoms with Gasteiger partial charge in [-0.1, -0.05) is 49.7 Å². The highest BCUT2D eigenvalue weighted by Crippen LogP contribution is 2.27. The fourth-order valence-electron chi connectivity index (χ4n) is 2.42. The van der Waals surface area contributed by atoms with Crippen LogP contribution < -0.4 is 4.74 Å². The molecule has 0 heterocycles. The lowest BCUT2D eigenvalue weighted by atomic mass is 10.1. The van der Waals surface area contributed by atoms with Crippen molar-refractivity contribution in [3.05, 3.63) is 59.7 Å². The van der Waals surface area contributed by atoms with Gasteiger partial charge in [0.25, 0.3) is 0 Å². The van der Waals surface area contributed by atoms with Crippen molar-refractivity contribution in [2.24, 2.45) is 0 Å². The molecule has 23 heavy (non-hydrogen) atoms. The predicted octanol–water partition coefficient (Wildman–Crippen LogP) is 4.03. The quantitative estimate of drug-likeness (QED) is 0.784. The summed E-state index contributed by atoms with van der Waals surface area (Å²) in [5, 5.41) is 9.59. The summed E-state index contributed by atoms with van der Waals surface area (Å²) >= 11 is 0. The molecule has 4 nitrogen and oxygen atoms in total. The second kappa shape index (κ2) is 8.22. The Morgan fingerprint density at radius 1 is 1.17 bits per heavy atom. The van der Waals surface area contributed by atoms with Crippen molar-refractivity contribution in [1.29, 1.82) is 0 Å². The van der Waals surface area contributed by atoms with E-state index in [0.29, 0.717) is 5.75 Å². The van der Waals surface area contributed by atoms with Crippen molar-refractivity contribution in [3.8, 4) is 11.5 Å².